The van der Waals surface area contributed by atoms with E-state index < -0.39 is 0 Å². The molecule has 0 saturated carbocycles. The zero-order valence-electron chi connectivity index (χ0n) is 6.10. The van der Waals surface area contributed by atoms with Gasteiger partial charge >= 0.3 is 0 Å². The maximum Gasteiger partial charge on any atom is 0.141 e. The van der Waals surface area contributed by atoms with Crippen LogP contribution in [0.5, 0.6) is 0 Å². The van der Waals surface area contributed by atoms with Gasteiger partial charge in [0.1, 0.15) is 5.82 Å². The van der Waals surface area contributed by atoms with Crippen molar-refractivity contribution in [1.82, 2.24) is 0 Å². The second-order valence-electron chi connectivity index (χ2n) is 2.07. The maximum atomic E-state index is 13.2. The third kappa shape index (κ3) is 1.88. The van der Waals surface area contributed by atoms with E-state index in [0.29, 0.717) is 10.5 Å². The molecule has 1 aromatic rings. The van der Waals surface area contributed by atoms with Gasteiger partial charge in [0.2, 0.25) is 0 Å². The Hall–Kier alpha value is -0.210. The average Bonchev–Trinajstić information content (AvgIpc) is 2.05. The standard InChI is InChI=1S/C8H8ClFS/c1-11-7-4-2-3-6(5-9)8(7)10/h2-4H,5H2,1H3. The number of thioether (sulfide) groups is 1. The van der Waals surface area contributed by atoms with E-state index in [4.69, 9.17) is 11.6 Å². The number of alkyl halides is 1. The van der Waals surface area contributed by atoms with Crippen molar-refractivity contribution in [3.63, 3.8) is 0 Å². The summed E-state index contributed by atoms with van der Waals surface area (Å²) < 4.78 is 13.2. The Kier molecular flexibility index (Phi) is 3.21. The zero-order valence-corrected chi connectivity index (χ0v) is 7.68. The van der Waals surface area contributed by atoms with Gasteiger partial charge in [-0.3, -0.25) is 0 Å². The number of rotatable bonds is 2. The van der Waals surface area contributed by atoms with Crippen LogP contribution in [-0.4, -0.2) is 6.26 Å². The largest absolute Gasteiger partial charge is 0.205 e. The molecule has 1 aromatic carbocycles. The molecule has 1 rings (SSSR count). The Labute approximate surface area is 74.8 Å². The van der Waals surface area contributed by atoms with Crippen LogP contribution in [0, 0.1) is 5.82 Å². The van der Waals surface area contributed by atoms with Crippen LogP contribution < -0.4 is 0 Å². The van der Waals surface area contributed by atoms with Crippen LogP contribution >= 0.6 is 23.4 Å². The van der Waals surface area contributed by atoms with E-state index in [1.807, 2.05) is 12.3 Å². The van der Waals surface area contributed by atoms with Gasteiger partial charge in [0.15, 0.2) is 0 Å². The third-order valence-corrected chi connectivity index (χ3v) is 2.45. The molecule has 3 heteroatoms. The molecule has 0 aliphatic rings. The zero-order chi connectivity index (χ0) is 8.27. The molecule has 0 unspecified atom stereocenters. The molecule has 60 valence electrons. The topological polar surface area (TPSA) is 0 Å². The van der Waals surface area contributed by atoms with Gasteiger partial charge in [-0.05, 0) is 12.3 Å². The highest BCUT2D eigenvalue weighted by molar-refractivity contribution is 7.98. The van der Waals surface area contributed by atoms with Gasteiger partial charge in [-0.1, -0.05) is 12.1 Å². The first-order valence-corrected chi connectivity index (χ1v) is 4.93. The molecule has 0 fully saturated rings. The second kappa shape index (κ2) is 3.98. The predicted molar refractivity (Wildman–Crippen MR) is 47.7 cm³/mol. The Bertz CT molecular complexity index is 228. The van der Waals surface area contributed by atoms with E-state index >= 15 is 0 Å². The fraction of sp³-hybridized carbons (Fsp3) is 0.250. The van der Waals surface area contributed by atoms with Gasteiger partial charge in [-0.25, -0.2) is 4.39 Å². The Morgan fingerprint density at radius 3 is 2.82 bits per heavy atom. The monoisotopic (exact) mass is 190 g/mol. The van der Waals surface area contributed by atoms with Gasteiger partial charge < -0.3 is 0 Å². The van der Waals surface area contributed by atoms with Crippen molar-refractivity contribution in [3.05, 3.63) is 29.6 Å². The van der Waals surface area contributed by atoms with Crippen molar-refractivity contribution in [2.45, 2.75) is 10.8 Å². The Morgan fingerprint density at radius 2 is 2.27 bits per heavy atom. The lowest BCUT2D eigenvalue weighted by Gasteiger charge is -2.01. The van der Waals surface area contributed by atoms with Crippen LogP contribution in [0.3, 0.4) is 0 Å². The van der Waals surface area contributed by atoms with Gasteiger partial charge in [0.05, 0.1) is 5.88 Å². The molecule has 0 aliphatic carbocycles. The summed E-state index contributed by atoms with van der Waals surface area (Å²) >= 11 is 6.90. The fourth-order valence-electron chi connectivity index (χ4n) is 0.817. The van der Waals surface area contributed by atoms with Crippen LogP contribution in [0.25, 0.3) is 0 Å². The summed E-state index contributed by atoms with van der Waals surface area (Å²) in [5.41, 5.74) is 0.568. The van der Waals surface area contributed by atoms with Crippen LogP contribution in [0.1, 0.15) is 5.56 Å². The summed E-state index contributed by atoms with van der Waals surface area (Å²) in [6.45, 7) is 0. The molecule has 0 heterocycles. The first kappa shape index (κ1) is 8.88. The highest BCUT2D eigenvalue weighted by Gasteiger charge is 2.04. The molecule has 0 amide bonds. The molecule has 0 N–H and O–H groups in total. The van der Waals surface area contributed by atoms with E-state index in [0.717, 1.165) is 0 Å². The minimum atomic E-state index is -0.185. The van der Waals surface area contributed by atoms with Gasteiger partial charge in [-0.15, -0.1) is 23.4 Å². The normalized spacial score (nSPS) is 10.1. The van der Waals surface area contributed by atoms with E-state index in [9.17, 15) is 4.39 Å². The molecule has 0 aliphatic heterocycles. The van der Waals surface area contributed by atoms with Gasteiger partial charge in [0, 0.05) is 10.5 Å². The summed E-state index contributed by atoms with van der Waals surface area (Å²) in [7, 11) is 0. The van der Waals surface area contributed by atoms with Crippen molar-refractivity contribution in [1.29, 1.82) is 0 Å². The molecular formula is C8H8ClFS. The Morgan fingerprint density at radius 1 is 1.55 bits per heavy atom. The summed E-state index contributed by atoms with van der Waals surface area (Å²) in [4.78, 5) is 0.656. The van der Waals surface area contributed by atoms with Crippen molar-refractivity contribution in [2.24, 2.45) is 0 Å². The van der Waals surface area contributed by atoms with Crippen molar-refractivity contribution in [3.8, 4) is 0 Å². The maximum absolute atomic E-state index is 13.2. The highest BCUT2D eigenvalue weighted by atomic mass is 35.5. The average molecular weight is 191 g/mol. The second-order valence-corrected chi connectivity index (χ2v) is 3.18. The summed E-state index contributed by atoms with van der Waals surface area (Å²) in [5, 5.41) is 0. The fourth-order valence-corrected chi connectivity index (χ4v) is 1.55. The lowest BCUT2D eigenvalue weighted by atomic mass is 10.2. The minimum absolute atomic E-state index is 0.185. The smallest absolute Gasteiger partial charge is 0.141 e. The van der Waals surface area contributed by atoms with Crippen molar-refractivity contribution in [2.75, 3.05) is 6.26 Å². The molecule has 0 bridgehead atoms. The highest BCUT2D eigenvalue weighted by Crippen LogP contribution is 2.22. The molecule has 0 aromatic heterocycles. The van der Waals surface area contributed by atoms with E-state index in [1.165, 1.54) is 11.8 Å². The quantitative estimate of drug-likeness (QED) is 0.510. The molecule has 0 saturated heterocycles. The van der Waals surface area contributed by atoms with Crippen LogP contribution in [0.2, 0.25) is 0 Å². The van der Waals surface area contributed by atoms with Gasteiger partial charge in [-0.2, -0.15) is 0 Å². The number of halogens is 2. The molecule has 0 spiro atoms. The Balaban J connectivity index is 3.10. The molecular weight excluding hydrogens is 183 g/mol. The molecule has 11 heavy (non-hydrogen) atoms. The summed E-state index contributed by atoms with van der Waals surface area (Å²) in [5.74, 6) is 0.0512. The number of hydrogen-bond donors (Lipinski definition) is 0. The molecule has 0 radical (unpaired) electrons. The van der Waals surface area contributed by atoms with Crippen LogP contribution in [-0.2, 0) is 5.88 Å². The van der Waals surface area contributed by atoms with E-state index in [-0.39, 0.29) is 11.7 Å². The summed E-state index contributed by atoms with van der Waals surface area (Å²) in [6.07, 6.45) is 1.84. The number of hydrogen-bond acceptors (Lipinski definition) is 1. The summed E-state index contributed by atoms with van der Waals surface area (Å²) in [6, 6.07) is 5.25. The van der Waals surface area contributed by atoms with Crippen LogP contribution in [0.4, 0.5) is 4.39 Å². The van der Waals surface area contributed by atoms with E-state index in [1.54, 1.807) is 12.1 Å². The first-order valence-electron chi connectivity index (χ1n) is 3.17. The first-order chi connectivity index (χ1) is 5.29. The lowest BCUT2D eigenvalue weighted by Crippen LogP contribution is -1.87. The molecule has 0 nitrogen and oxygen atoms in total. The lowest BCUT2D eigenvalue weighted by molar-refractivity contribution is 0.591. The predicted octanol–water partition coefficient (Wildman–Crippen LogP) is 3.29. The van der Waals surface area contributed by atoms with E-state index in [2.05, 4.69) is 0 Å². The van der Waals surface area contributed by atoms with Crippen molar-refractivity contribution >= 4 is 23.4 Å². The van der Waals surface area contributed by atoms with Gasteiger partial charge in [0.25, 0.3) is 0 Å². The van der Waals surface area contributed by atoms with Crippen molar-refractivity contribution < 1.29 is 4.39 Å². The van der Waals surface area contributed by atoms with Crippen LogP contribution in [0.15, 0.2) is 23.1 Å². The minimum Gasteiger partial charge on any atom is -0.205 e. The SMILES string of the molecule is CSc1cccc(CCl)c1F. The number of benzene rings is 1. The third-order valence-electron chi connectivity index (χ3n) is 1.41. The molecule has 0 atom stereocenters.